The number of amides is 1. The van der Waals surface area contributed by atoms with Crippen molar-refractivity contribution in [1.82, 2.24) is 15.3 Å². The SMILES string of the molecule is COC1CCC(NC(=O)c2sc3nccnc3c2N)C1. The predicted molar refractivity (Wildman–Crippen MR) is 77.7 cm³/mol. The van der Waals surface area contributed by atoms with E-state index in [0.717, 1.165) is 19.3 Å². The molecular weight excluding hydrogens is 276 g/mol. The summed E-state index contributed by atoms with van der Waals surface area (Å²) in [5, 5.41) is 3.02. The highest BCUT2D eigenvalue weighted by atomic mass is 32.1. The Bertz CT molecular complexity index is 642. The lowest BCUT2D eigenvalue weighted by molar-refractivity contribution is 0.0919. The zero-order chi connectivity index (χ0) is 14.1. The number of nitrogens with two attached hydrogens (primary N) is 1. The maximum Gasteiger partial charge on any atom is 0.263 e. The molecule has 1 aliphatic rings. The van der Waals surface area contributed by atoms with Crippen LogP contribution in [-0.4, -0.2) is 35.1 Å². The number of aromatic nitrogens is 2. The zero-order valence-corrected chi connectivity index (χ0v) is 11.9. The molecule has 0 aliphatic heterocycles. The molecule has 1 saturated carbocycles. The number of carbonyl (C=O) groups excluding carboxylic acids is 1. The van der Waals surface area contributed by atoms with Crippen LogP contribution in [0.25, 0.3) is 10.3 Å². The van der Waals surface area contributed by atoms with Crippen LogP contribution in [0.2, 0.25) is 0 Å². The Morgan fingerprint density at radius 3 is 2.95 bits per heavy atom. The molecule has 106 valence electrons. The smallest absolute Gasteiger partial charge is 0.263 e. The fourth-order valence-corrected chi connectivity index (χ4v) is 3.47. The average molecular weight is 292 g/mol. The van der Waals surface area contributed by atoms with Gasteiger partial charge in [0.15, 0.2) is 0 Å². The van der Waals surface area contributed by atoms with Crippen LogP contribution < -0.4 is 11.1 Å². The molecule has 20 heavy (non-hydrogen) atoms. The molecule has 1 fully saturated rings. The molecule has 2 aromatic rings. The van der Waals surface area contributed by atoms with Crippen molar-refractivity contribution in [2.45, 2.75) is 31.4 Å². The summed E-state index contributed by atoms with van der Waals surface area (Å²) in [5.74, 6) is -0.144. The largest absolute Gasteiger partial charge is 0.396 e. The molecule has 6 nitrogen and oxygen atoms in total. The standard InChI is InChI=1S/C13H16N4O2S/c1-19-8-3-2-7(6-8)17-12(18)11-9(14)10-13(20-11)16-5-4-15-10/h4-5,7-8H,2-3,6,14H2,1H3,(H,17,18). The highest BCUT2D eigenvalue weighted by Gasteiger charge is 2.27. The van der Waals surface area contributed by atoms with Gasteiger partial charge in [-0.1, -0.05) is 0 Å². The van der Waals surface area contributed by atoms with Crippen molar-refractivity contribution in [3.8, 4) is 0 Å². The van der Waals surface area contributed by atoms with Gasteiger partial charge in [0.25, 0.3) is 5.91 Å². The quantitative estimate of drug-likeness (QED) is 0.896. The molecule has 2 aromatic heterocycles. The Morgan fingerprint density at radius 1 is 1.45 bits per heavy atom. The Labute approximate surface area is 120 Å². The maximum absolute atomic E-state index is 12.3. The van der Waals surface area contributed by atoms with Gasteiger partial charge in [-0.25, -0.2) is 9.97 Å². The lowest BCUT2D eigenvalue weighted by atomic mass is 10.2. The molecule has 2 unspecified atom stereocenters. The number of anilines is 1. The van der Waals surface area contributed by atoms with Gasteiger partial charge >= 0.3 is 0 Å². The number of fused-ring (bicyclic) bond motifs is 1. The summed E-state index contributed by atoms with van der Waals surface area (Å²) in [7, 11) is 1.70. The third-order valence-corrected chi connectivity index (χ3v) is 4.72. The highest BCUT2D eigenvalue weighted by molar-refractivity contribution is 7.21. The van der Waals surface area contributed by atoms with E-state index in [1.54, 1.807) is 19.5 Å². The second-order valence-corrected chi connectivity index (χ2v) is 5.90. The number of nitrogen functional groups attached to an aromatic ring is 1. The Balaban J connectivity index is 1.77. The minimum Gasteiger partial charge on any atom is -0.396 e. The number of hydrogen-bond acceptors (Lipinski definition) is 6. The number of methoxy groups -OCH3 is 1. The minimum atomic E-state index is -0.144. The topological polar surface area (TPSA) is 90.1 Å². The van der Waals surface area contributed by atoms with Gasteiger partial charge in [0, 0.05) is 25.5 Å². The monoisotopic (exact) mass is 292 g/mol. The maximum atomic E-state index is 12.3. The fourth-order valence-electron chi connectivity index (χ4n) is 2.55. The molecule has 0 aromatic carbocycles. The molecule has 1 amide bonds. The molecule has 0 spiro atoms. The van der Waals surface area contributed by atoms with Crippen LogP contribution in [0.1, 0.15) is 28.9 Å². The lowest BCUT2D eigenvalue weighted by Gasteiger charge is -2.12. The number of hydrogen-bond donors (Lipinski definition) is 2. The van der Waals surface area contributed by atoms with Crippen molar-refractivity contribution in [2.75, 3.05) is 12.8 Å². The zero-order valence-electron chi connectivity index (χ0n) is 11.1. The van der Waals surface area contributed by atoms with Gasteiger partial charge in [-0.2, -0.15) is 0 Å². The van der Waals surface area contributed by atoms with E-state index in [0.29, 0.717) is 20.9 Å². The first kappa shape index (κ1) is 13.3. The number of nitrogens with one attached hydrogen (secondary N) is 1. The van der Waals surface area contributed by atoms with E-state index in [-0.39, 0.29) is 18.1 Å². The lowest BCUT2D eigenvalue weighted by Crippen LogP contribution is -2.33. The van der Waals surface area contributed by atoms with Crippen LogP contribution in [0.4, 0.5) is 5.69 Å². The second-order valence-electron chi connectivity index (χ2n) is 4.90. The molecule has 1 aliphatic carbocycles. The molecule has 2 atom stereocenters. The summed E-state index contributed by atoms with van der Waals surface area (Å²) in [5.41, 5.74) is 7.00. The summed E-state index contributed by atoms with van der Waals surface area (Å²) in [6, 6.07) is 0.151. The molecule has 7 heteroatoms. The van der Waals surface area contributed by atoms with E-state index < -0.39 is 0 Å². The van der Waals surface area contributed by atoms with Gasteiger partial charge in [-0.05, 0) is 19.3 Å². The van der Waals surface area contributed by atoms with E-state index in [9.17, 15) is 4.79 Å². The van der Waals surface area contributed by atoms with Crippen molar-refractivity contribution < 1.29 is 9.53 Å². The Hall–Kier alpha value is -1.73. The molecule has 2 heterocycles. The molecule has 0 radical (unpaired) electrons. The number of nitrogens with zero attached hydrogens (tertiary/aromatic N) is 2. The molecule has 3 rings (SSSR count). The van der Waals surface area contributed by atoms with Gasteiger partial charge in [0.05, 0.1) is 11.8 Å². The first-order chi connectivity index (χ1) is 9.69. The number of thiophene rings is 1. The van der Waals surface area contributed by atoms with Gasteiger partial charge in [0.1, 0.15) is 15.2 Å². The third-order valence-electron chi connectivity index (χ3n) is 3.62. The van der Waals surface area contributed by atoms with Gasteiger partial charge < -0.3 is 15.8 Å². The molecular formula is C13H16N4O2S. The van der Waals surface area contributed by atoms with E-state index >= 15 is 0 Å². The minimum absolute atomic E-state index is 0.144. The van der Waals surface area contributed by atoms with Crippen LogP contribution in [0.15, 0.2) is 12.4 Å². The third kappa shape index (κ3) is 2.34. The second kappa shape index (κ2) is 5.34. The van der Waals surface area contributed by atoms with Crippen LogP contribution in [0.5, 0.6) is 0 Å². The van der Waals surface area contributed by atoms with E-state index in [4.69, 9.17) is 10.5 Å². The van der Waals surface area contributed by atoms with Crippen molar-refractivity contribution in [3.05, 3.63) is 17.3 Å². The fraction of sp³-hybridized carbons (Fsp3) is 0.462. The summed E-state index contributed by atoms with van der Waals surface area (Å²) in [4.78, 5) is 21.8. The van der Waals surface area contributed by atoms with Gasteiger partial charge in [-0.3, -0.25) is 4.79 Å². The van der Waals surface area contributed by atoms with Gasteiger partial charge in [0.2, 0.25) is 0 Å². The van der Waals surface area contributed by atoms with Crippen LogP contribution in [-0.2, 0) is 4.74 Å². The van der Waals surface area contributed by atoms with E-state index in [1.807, 2.05) is 0 Å². The van der Waals surface area contributed by atoms with Gasteiger partial charge in [-0.15, -0.1) is 11.3 Å². The molecule has 0 saturated heterocycles. The summed E-state index contributed by atoms with van der Waals surface area (Å²) >= 11 is 1.28. The molecule has 3 N–H and O–H groups in total. The predicted octanol–water partition coefficient (Wildman–Crippen LogP) is 1.57. The van der Waals surface area contributed by atoms with Crippen molar-refractivity contribution in [2.24, 2.45) is 0 Å². The van der Waals surface area contributed by atoms with Crippen molar-refractivity contribution in [3.63, 3.8) is 0 Å². The van der Waals surface area contributed by atoms with E-state index in [1.165, 1.54) is 11.3 Å². The Morgan fingerprint density at radius 2 is 2.25 bits per heavy atom. The summed E-state index contributed by atoms with van der Waals surface area (Å²) < 4.78 is 5.31. The first-order valence-corrected chi connectivity index (χ1v) is 7.33. The van der Waals surface area contributed by atoms with Crippen LogP contribution >= 0.6 is 11.3 Å². The van der Waals surface area contributed by atoms with Crippen LogP contribution in [0.3, 0.4) is 0 Å². The summed E-state index contributed by atoms with van der Waals surface area (Å²) in [6.45, 7) is 0. The van der Waals surface area contributed by atoms with E-state index in [2.05, 4.69) is 15.3 Å². The number of rotatable bonds is 3. The molecule has 0 bridgehead atoms. The normalized spacial score (nSPS) is 22.2. The summed E-state index contributed by atoms with van der Waals surface area (Å²) in [6.07, 6.45) is 6.18. The first-order valence-electron chi connectivity index (χ1n) is 6.51. The number of carbonyl (C=O) groups is 1. The van der Waals surface area contributed by atoms with Crippen LogP contribution in [0, 0.1) is 0 Å². The Kier molecular flexibility index (Phi) is 3.54. The van der Waals surface area contributed by atoms with Crippen molar-refractivity contribution in [1.29, 1.82) is 0 Å². The highest BCUT2D eigenvalue weighted by Crippen LogP contribution is 2.31. The average Bonchev–Trinajstić information content (AvgIpc) is 3.04. The number of ether oxygens (including phenoxy) is 1. The van der Waals surface area contributed by atoms with Crippen molar-refractivity contribution >= 4 is 33.3 Å².